The Labute approximate surface area is 363 Å². The van der Waals surface area contributed by atoms with Crippen LogP contribution in [0.15, 0.2) is 146 Å². The van der Waals surface area contributed by atoms with Crippen LogP contribution in [0.25, 0.3) is 86.2 Å². The molecule has 11 aromatic rings. The molecule has 0 saturated heterocycles. The van der Waals surface area contributed by atoms with Crippen molar-refractivity contribution >= 4 is 110 Å². The Balaban J connectivity index is 1.01. The van der Waals surface area contributed by atoms with Crippen LogP contribution in [-0.4, -0.2) is 33.4 Å². The van der Waals surface area contributed by atoms with Crippen LogP contribution in [0.2, 0.25) is 0 Å². The summed E-state index contributed by atoms with van der Waals surface area (Å²) in [5.74, 6) is -1.99. The fourth-order valence-electron chi connectivity index (χ4n) is 10.9. The molecule has 0 bridgehead atoms. The third kappa shape index (κ3) is 4.58. The van der Waals surface area contributed by atoms with E-state index in [-0.39, 0.29) is 35.3 Å². The number of imide groups is 2. The molecule has 8 heteroatoms. The molecule has 0 unspecified atom stereocenters. The van der Waals surface area contributed by atoms with E-state index in [4.69, 9.17) is 0 Å². The first-order valence-electron chi connectivity index (χ1n) is 20.9. The van der Waals surface area contributed by atoms with Crippen LogP contribution in [-0.2, 0) is 13.1 Å². The van der Waals surface area contributed by atoms with Gasteiger partial charge in [0.1, 0.15) is 0 Å². The Kier molecular flexibility index (Phi) is 7.14. The van der Waals surface area contributed by atoms with Crippen LogP contribution in [0.4, 0.5) is 0 Å². The normalized spacial score (nSPS) is 13.8. The zero-order chi connectivity index (χ0) is 43.1. The van der Waals surface area contributed by atoms with Crippen molar-refractivity contribution in [2.45, 2.75) is 13.1 Å². The van der Waals surface area contributed by atoms with Crippen molar-refractivity contribution in [3.63, 3.8) is 0 Å². The predicted molar refractivity (Wildman–Crippen MR) is 248 cm³/mol. The lowest BCUT2D eigenvalue weighted by atomic mass is 9.79. The van der Waals surface area contributed by atoms with Crippen molar-refractivity contribution in [3.05, 3.63) is 190 Å². The molecule has 0 radical (unpaired) electrons. The van der Waals surface area contributed by atoms with Gasteiger partial charge in [0.25, 0.3) is 23.6 Å². The molecule has 2 aliphatic heterocycles. The van der Waals surface area contributed by atoms with Crippen LogP contribution >= 0.6 is 0 Å². The molecule has 296 valence electrons. The summed E-state index contributed by atoms with van der Waals surface area (Å²) in [7, 11) is 0. The number of hydrogen-bond donors (Lipinski definition) is 0. The minimum Gasteiger partial charge on any atom is -0.270 e. The molecule has 2 heterocycles. The van der Waals surface area contributed by atoms with Gasteiger partial charge >= 0.3 is 0 Å². The zero-order valence-electron chi connectivity index (χ0n) is 33.7. The monoisotopic (exact) mass is 820 g/mol. The van der Waals surface area contributed by atoms with Gasteiger partial charge in [0.05, 0.1) is 47.5 Å². The topological polar surface area (TPSA) is 122 Å². The summed E-state index contributed by atoms with van der Waals surface area (Å²) in [4.78, 5) is 61.7. The van der Waals surface area contributed by atoms with Crippen molar-refractivity contribution in [3.8, 4) is 12.1 Å². The van der Waals surface area contributed by atoms with E-state index in [2.05, 4.69) is 24.3 Å². The molecule has 8 nitrogen and oxygen atoms in total. The smallest absolute Gasteiger partial charge is 0.261 e. The Morgan fingerprint density at radius 2 is 0.672 bits per heavy atom. The molecule has 2 aliphatic rings. The van der Waals surface area contributed by atoms with Crippen LogP contribution in [0, 0.1) is 22.7 Å². The second kappa shape index (κ2) is 12.8. The number of hydrogen-bond acceptors (Lipinski definition) is 6. The minimum absolute atomic E-state index is 0.00786. The summed E-state index contributed by atoms with van der Waals surface area (Å²) in [6.45, 7) is 0.0157. The maximum atomic E-state index is 14.8. The molecule has 4 amide bonds. The molecule has 64 heavy (non-hydrogen) atoms. The van der Waals surface area contributed by atoms with E-state index in [1.807, 2.05) is 97.1 Å². The molecule has 0 aliphatic carbocycles. The Morgan fingerprint density at radius 1 is 0.344 bits per heavy atom. The van der Waals surface area contributed by atoms with E-state index in [1.165, 1.54) is 9.80 Å². The number of nitrogens with zero attached hydrogens (tertiary/aromatic N) is 4. The van der Waals surface area contributed by atoms with Gasteiger partial charge in [0.2, 0.25) is 0 Å². The summed E-state index contributed by atoms with van der Waals surface area (Å²) >= 11 is 0. The number of carbonyl (C=O) groups is 4. The molecule has 0 spiro atoms. The third-order valence-corrected chi connectivity index (χ3v) is 13.6. The third-order valence-electron chi connectivity index (χ3n) is 13.6. The van der Waals surface area contributed by atoms with Crippen LogP contribution in [0.1, 0.15) is 63.7 Å². The van der Waals surface area contributed by atoms with Gasteiger partial charge in [0.15, 0.2) is 0 Å². The maximum Gasteiger partial charge on any atom is 0.261 e. The molecular formula is C56H28N4O4. The first-order valence-corrected chi connectivity index (χ1v) is 20.9. The average molecular weight is 821 g/mol. The summed E-state index contributed by atoms with van der Waals surface area (Å²) in [6.07, 6.45) is 0. The van der Waals surface area contributed by atoms with Gasteiger partial charge in [-0.1, -0.05) is 109 Å². The summed E-state index contributed by atoms with van der Waals surface area (Å²) in [5, 5.41) is 33.3. The highest BCUT2D eigenvalue weighted by Crippen LogP contribution is 2.49. The fourth-order valence-corrected chi connectivity index (χ4v) is 10.9. The zero-order valence-corrected chi connectivity index (χ0v) is 33.7. The van der Waals surface area contributed by atoms with Gasteiger partial charge in [0, 0.05) is 43.4 Å². The highest BCUT2D eigenvalue weighted by atomic mass is 16.2. The first kappa shape index (κ1) is 35.7. The van der Waals surface area contributed by atoms with Gasteiger partial charge in [-0.3, -0.25) is 29.0 Å². The van der Waals surface area contributed by atoms with Crippen molar-refractivity contribution in [2.24, 2.45) is 0 Å². The van der Waals surface area contributed by atoms with E-state index < -0.39 is 23.6 Å². The van der Waals surface area contributed by atoms with E-state index in [0.717, 1.165) is 54.2 Å². The lowest BCUT2D eigenvalue weighted by molar-refractivity contribution is 0.0584. The molecule has 0 N–H and O–H groups in total. The van der Waals surface area contributed by atoms with Crippen molar-refractivity contribution < 1.29 is 19.2 Å². The summed E-state index contributed by atoms with van der Waals surface area (Å²) in [6, 6.07) is 50.6. The summed E-state index contributed by atoms with van der Waals surface area (Å²) < 4.78 is 0. The Morgan fingerprint density at radius 3 is 1.02 bits per heavy atom. The van der Waals surface area contributed by atoms with Crippen molar-refractivity contribution in [1.82, 2.24) is 9.80 Å². The number of rotatable bonds is 4. The first-order chi connectivity index (χ1) is 31.3. The molecule has 0 aromatic heterocycles. The van der Waals surface area contributed by atoms with Gasteiger partial charge in [-0.05, 0) is 101 Å². The van der Waals surface area contributed by atoms with E-state index in [9.17, 15) is 29.7 Å². The van der Waals surface area contributed by atoms with Crippen LogP contribution < -0.4 is 0 Å². The molecule has 0 fully saturated rings. The molecule has 0 saturated carbocycles. The Hall–Kier alpha value is -8.98. The lowest BCUT2D eigenvalue weighted by Crippen LogP contribution is -2.40. The van der Waals surface area contributed by atoms with Crippen molar-refractivity contribution in [1.29, 1.82) is 10.5 Å². The molecule has 13 rings (SSSR count). The Bertz CT molecular complexity index is 3780. The number of carbonyl (C=O) groups excluding carboxylic acids is 4. The lowest BCUT2D eigenvalue weighted by Gasteiger charge is -2.31. The quantitative estimate of drug-likeness (QED) is 0.0989. The van der Waals surface area contributed by atoms with E-state index in [1.54, 1.807) is 36.4 Å². The van der Waals surface area contributed by atoms with E-state index in [0.29, 0.717) is 54.2 Å². The number of amides is 4. The molecular weight excluding hydrogens is 793 g/mol. The average Bonchev–Trinajstić information content (AvgIpc) is 3.33. The van der Waals surface area contributed by atoms with Crippen LogP contribution in [0.5, 0.6) is 0 Å². The highest BCUT2D eigenvalue weighted by Gasteiger charge is 2.39. The van der Waals surface area contributed by atoms with Crippen molar-refractivity contribution in [2.75, 3.05) is 0 Å². The minimum atomic E-state index is -0.526. The second-order valence-corrected chi connectivity index (χ2v) is 16.7. The molecule has 11 aromatic carbocycles. The van der Waals surface area contributed by atoms with Gasteiger partial charge in [-0.15, -0.1) is 0 Å². The van der Waals surface area contributed by atoms with Crippen LogP contribution in [0.3, 0.4) is 0 Å². The number of nitriles is 2. The fraction of sp³-hybridized carbons (Fsp3) is 0.0357. The predicted octanol–water partition coefficient (Wildman–Crippen LogP) is 11.7. The van der Waals surface area contributed by atoms with E-state index >= 15 is 0 Å². The molecule has 0 atom stereocenters. The maximum absolute atomic E-state index is 14.8. The second-order valence-electron chi connectivity index (χ2n) is 16.7. The largest absolute Gasteiger partial charge is 0.270 e. The number of fused-ring (bicyclic) bond motifs is 6. The SMILES string of the molecule is N#Cc1cc2c3c(ccc4c5c(C#N)cc6c7c(ccc(c1c34)c75)C(=O)N(Cc1c3ccccc3cc3ccccc13)C6=O)C(=O)N(Cc1c3ccccc3cc3ccccc13)C2=O. The van der Waals surface area contributed by atoms with Gasteiger partial charge in [-0.2, -0.15) is 10.5 Å². The van der Waals surface area contributed by atoms with Gasteiger partial charge < -0.3 is 0 Å². The number of benzene rings is 11. The highest BCUT2D eigenvalue weighted by molar-refractivity contribution is 6.42. The van der Waals surface area contributed by atoms with Gasteiger partial charge in [-0.25, -0.2) is 0 Å². The standard InChI is InChI=1S/C56H28N4O4/c57-25-33-23-43-49-41(53(61)59(55(43)63)27-45-35-13-5-1-9-29(35)21-30-10-2-6-14-36(30)45)19-17-39-48-34(26-58)24-44-50-42(20-18-40(52(48)50)47(33)51(39)49)54(62)60(56(44)64)28-46-37-15-7-3-11-31(37)22-32-12-4-8-16-38(32)46/h1-24H,27-28H2. The summed E-state index contributed by atoms with van der Waals surface area (Å²) in [5.41, 5.74) is 3.10.